The SMILES string of the molecule is O=C(CS(=O)(=O)O)C1CCCNC1. The summed E-state index contributed by atoms with van der Waals surface area (Å²) in [4.78, 5) is 11.2. The van der Waals surface area contributed by atoms with Gasteiger partial charge >= 0.3 is 0 Å². The van der Waals surface area contributed by atoms with E-state index in [1.165, 1.54) is 0 Å². The fourth-order valence-electron chi connectivity index (χ4n) is 1.42. The van der Waals surface area contributed by atoms with Gasteiger partial charge in [-0.3, -0.25) is 9.35 Å². The summed E-state index contributed by atoms with van der Waals surface area (Å²) in [6, 6.07) is 0. The third-order valence-corrected chi connectivity index (χ3v) is 2.73. The zero-order valence-corrected chi connectivity index (χ0v) is 8.01. The molecule has 0 saturated carbocycles. The van der Waals surface area contributed by atoms with Crippen LogP contribution < -0.4 is 5.32 Å². The molecule has 1 heterocycles. The molecule has 76 valence electrons. The van der Waals surface area contributed by atoms with Crippen molar-refractivity contribution in [2.24, 2.45) is 5.92 Å². The van der Waals surface area contributed by atoms with Gasteiger partial charge in [-0.1, -0.05) is 0 Å². The van der Waals surface area contributed by atoms with Crippen LogP contribution in [0, 0.1) is 5.92 Å². The van der Waals surface area contributed by atoms with Gasteiger partial charge in [-0.05, 0) is 19.4 Å². The lowest BCUT2D eigenvalue weighted by Gasteiger charge is -2.20. The largest absolute Gasteiger partial charge is 0.316 e. The summed E-state index contributed by atoms with van der Waals surface area (Å²) in [6.45, 7) is 1.39. The normalized spacial score (nSPS) is 24.2. The Labute approximate surface area is 77.3 Å². The van der Waals surface area contributed by atoms with Gasteiger partial charge in [0.2, 0.25) is 0 Å². The maximum Gasteiger partial charge on any atom is 0.272 e. The standard InChI is InChI=1S/C7H13NO4S/c9-7(5-13(10,11)12)6-2-1-3-8-4-6/h6,8H,1-5H2,(H,10,11,12). The van der Waals surface area contributed by atoms with Crippen molar-refractivity contribution in [1.29, 1.82) is 0 Å². The molecular weight excluding hydrogens is 194 g/mol. The number of Topliss-reactive ketones (excluding diaryl/α,β-unsaturated/α-hetero) is 1. The van der Waals surface area contributed by atoms with Gasteiger partial charge < -0.3 is 5.32 Å². The number of rotatable bonds is 3. The number of piperidine rings is 1. The van der Waals surface area contributed by atoms with Crippen LogP contribution >= 0.6 is 0 Å². The lowest BCUT2D eigenvalue weighted by atomic mass is 9.96. The second-order valence-electron chi connectivity index (χ2n) is 3.24. The predicted octanol–water partition coefficient (Wildman–Crippen LogP) is -0.557. The second-order valence-corrected chi connectivity index (χ2v) is 4.69. The molecule has 1 aliphatic rings. The first kappa shape index (κ1) is 10.6. The number of hydrogen-bond donors (Lipinski definition) is 2. The van der Waals surface area contributed by atoms with E-state index < -0.39 is 21.7 Å². The summed E-state index contributed by atoms with van der Waals surface area (Å²) >= 11 is 0. The van der Waals surface area contributed by atoms with Crippen LogP contribution in [0.5, 0.6) is 0 Å². The van der Waals surface area contributed by atoms with Crippen LogP contribution in [0.25, 0.3) is 0 Å². The first-order valence-electron chi connectivity index (χ1n) is 4.17. The molecule has 0 spiro atoms. The van der Waals surface area contributed by atoms with E-state index in [4.69, 9.17) is 4.55 Å². The molecule has 1 unspecified atom stereocenters. The van der Waals surface area contributed by atoms with Crippen molar-refractivity contribution in [2.75, 3.05) is 18.8 Å². The van der Waals surface area contributed by atoms with E-state index in [0.717, 1.165) is 13.0 Å². The second kappa shape index (κ2) is 4.17. The summed E-state index contributed by atoms with van der Waals surface area (Å²) in [5.74, 6) is -1.40. The summed E-state index contributed by atoms with van der Waals surface area (Å²) in [5, 5.41) is 3.00. The molecule has 2 N–H and O–H groups in total. The minimum atomic E-state index is -4.15. The highest BCUT2D eigenvalue weighted by atomic mass is 32.2. The van der Waals surface area contributed by atoms with Gasteiger partial charge in [0.25, 0.3) is 10.1 Å². The quantitative estimate of drug-likeness (QED) is 0.606. The third-order valence-electron chi connectivity index (χ3n) is 2.08. The fourth-order valence-corrected chi connectivity index (χ4v) is 2.02. The van der Waals surface area contributed by atoms with Crippen molar-refractivity contribution in [3.8, 4) is 0 Å². The summed E-state index contributed by atoms with van der Waals surface area (Å²) < 4.78 is 29.2. The lowest BCUT2D eigenvalue weighted by Crippen LogP contribution is -2.36. The number of hydrogen-bond acceptors (Lipinski definition) is 4. The first-order chi connectivity index (χ1) is 5.99. The number of carbonyl (C=O) groups excluding carboxylic acids is 1. The molecule has 13 heavy (non-hydrogen) atoms. The van der Waals surface area contributed by atoms with Crippen molar-refractivity contribution in [1.82, 2.24) is 5.32 Å². The fraction of sp³-hybridized carbons (Fsp3) is 0.857. The molecule has 0 aliphatic carbocycles. The van der Waals surface area contributed by atoms with Crippen molar-refractivity contribution in [3.05, 3.63) is 0 Å². The van der Waals surface area contributed by atoms with E-state index in [0.29, 0.717) is 13.0 Å². The van der Waals surface area contributed by atoms with E-state index in [1.807, 2.05) is 0 Å². The van der Waals surface area contributed by atoms with E-state index in [9.17, 15) is 13.2 Å². The summed E-state index contributed by atoms with van der Waals surface area (Å²) in [6.07, 6.45) is 1.59. The minimum absolute atomic E-state index is 0.254. The molecule has 5 nitrogen and oxygen atoms in total. The number of carbonyl (C=O) groups is 1. The van der Waals surface area contributed by atoms with Crippen LogP contribution in [0.3, 0.4) is 0 Å². The molecule has 0 aromatic carbocycles. The summed E-state index contributed by atoms with van der Waals surface area (Å²) in [5.41, 5.74) is 0. The maximum absolute atomic E-state index is 11.2. The predicted molar refractivity (Wildman–Crippen MR) is 47.0 cm³/mol. The van der Waals surface area contributed by atoms with Gasteiger partial charge in [-0.15, -0.1) is 0 Å². The molecular formula is C7H13NO4S. The van der Waals surface area contributed by atoms with Gasteiger partial charge in [-0.2, -0.15) is 8.42 Å². The van der Waals surface area contributed by atoms with Gasteiger partial charge in [0.05, 0.1) is 0 Å². The Hall–Kier alpha value is -0.460. The third kappa shape index (κ3) is 3.84. The van der Waals surface area contributed by atoms with Crippen LogP contribution in [-0.4, -0.2) is 37.6 Å². The number of nitrogens with one attached hydrogen (secondary N) is 1. The topological polar surface area (TPSA) is 83.5 Å². The first-order valence-corrected chi connectivity index (χ1v) is 5.78. The van der Waals surface area contributed by atoms with Gasteiger partial charge in [0, 0.05) is 12.5 Å². The van der Waals surface area contributed by atoms with Crippen LogP contribution in [0.4, 0.5) is 0 Å². The van der Waals surface area contributed by atoms with Crippen LogP contribution in [0.1, 0.15) is 12.8 Å². The highest BCUT2D eigenvalue weighted by Crippen LogP contribution is 2.11. The minimum Gasteiger partial charge on any atom is -0.316 e. The molecule has 0 amide bonds. The van der Waals surface area contributed by atoms with E-state index in [2.05, 4.69) is 5.32 Å². The lowest BCUT2D eigenvalue weighted by molar-refractivity contribution is -0.120. The van der Waals surface area contributed by atoms with Crippen LogP contribution in [-0.2, 0) is 14.9 Å². The van der Waals surface area contributed by atoms with Gasteiger partial charge in [0.15, 0.2) is 5.78 Å². The molecule has 1 atom stereocenters. The molecule has 0 aromatic rings. The number of ketones is 1. The van der Waals surface area contributed by atoms with Crippen molar-refractivity contribution in [2.45, 2.75) is 12.8 Å². The monoisotopic (exact) mass is 207 g/mol. The molecule has 0 radical (unpaired) electrons. The van der Waals surface area contributed by atoms with Gasteiger partial charge in [-0.25, -0.2) is 0 Å². The maximum atomic E-state index is 11.2. The Bertz CT molecular complexity index is 279. The zero-order chi connectivity index (χ0) is 9.90. The molecule has 1 fully saturated rings. The van der Waals surface area contributed by atoms with E-state index in [-0.39, 0.29) is 5.92 Å². The Morgan fingerprint density at radius 2 is 2.23 bits per heavy atom. The molecule has 0 bridgehead atoms. The Morgan fingerprint density at radius 1 is 1.54 bits per heavy atom. The zero-order valence-electron chi connectivity index (χ0n) is 7.19. The smallest absolute Gasteiger partial charge is 0.272 e. The van der Waals surface area contributed by atoms with Crippen molar-refractivity contribution < 1.29 is 17.8 Å². The Morgan fingerprint density at radius 3 is 2.69 bits per heavy atom. The Balaban J connectivity index is 2.47. The van der Waals surface area contributed by atoms with Crippen LogP contribution in [0.2, 0.25) is 0 Å². The van der Waals surface area contributed by atoms with E-state index >= 15 is 0 Å². The van der Waals surface area contributed by atoms with Crippen molar-refractivity contribution in [3.63, 3.8) is 0 Å². The van der Waals surface area contributed by atoms with Crippen molar-refractivity contribution >= 4 is 15.9 Å². The van der Waals surface area contributed by atoms with E-state index in [1.54, 1.807) is 0 Å². The van der Waals surface area contributed by atoms with Crippen LogP contribution in [0.15, 0.2) is 0 Å². The average molecular weight is 207 g/mol. The molecule has 1 rings (SSSR count). The average Bonchev–Trinajstić information content (AvgIpc) is 2.03. The highest BCUT2D eigenvalue weighted by molar-refractivity contribution is 7.86. The highest BCUT2D eigenvalue weighted by Gasteiger charge is 2.24. The van der Waals surface area contributed by atoms with Gasteiger partial charge in [0.1, 0.15) is 5.75 Å². The molecule has 0 aromatic heterocycles. The molecule has 1 aliphatic heterocycles. The Kier molecular flexibility index (Phi) is 3.40. The summed E-state index contributed by atoms with van der Waals surface area (Å²) in [7, 11) is -4.15. The molecule has 1 saturated heterocycles. The molecule has 6 heteroatoms.